The van der Waals surface area contributed by atoms with Crippen LogP contribution >= 0.6 is 0 Å². The van der Waals surface area contributed by atoms with Crippen LogP contribution in [0.25, 0.3) is 0 Å². The van der Waals surface area contributed by atoms with E-state index in [4.69, 9.17) is 5.73 Å². The minimum Gasteiger partial charge on any atom is -0.397 e. The smallest absolute Gasteiger partial charge is 0.0551 e. The van der Waals surface area contributed by atoms with E-state index in [0.29, 0.717) is 10.8 Å². The number of nitrogens with one attached hydrogen (secondary N) is 1. The predicted molar refractivity (Wildman–Crippen MR) is 82.4 cm³/mol. The zero-order chi connectivity index (χ0) is 14.0. The molecule has 1 aromatic heterocycles. The summed E-state index contributed by atoms with van der Waals surface area (Å²) < 4.78 is 0. The van der Waals surface area contributed by atoms with Crippen LogP contribution < -0.4 is 11.1 Å². The summed E-state index contributed by atoms with van der Waals surface area (Å²) >= 11 is 0. The summed E-state index contributed by atoms with van der Waals surface area (Å²) in [6.07, 6.45) is 11.8. The standard InChI is InChI=1S/C17H25N3/c1-15-4-12-5-16(2,9-15)11-17(6-12,10-15)20-14-3-13(18)7-19-8-14/h3,7-8,12,20H,4-6,9-11,18H2,1-2H3. The zero-order valence-electron chi connectivity index (χ0n) is 12.6. The van der Waals surface area contributed by atoms with Gasteiger partial charge in [0, 0.05) is 11.7 Å². The van der Waals surface area contributed by atoms with Crippen LogP contribution in [0.4, 0.5) is 11.4 Å². The number of nitrogens with two attached hydrogens (primary N) is 1. The highest BCUT2D eigenvalue weighted by molar-refractivity contribution is 5.53. The van der Waals surface area contributed by atoms with Gasteiger partial charge >= 0.3 is 0 Å². The molecular formula is C17H25N3. The summed E-state index contributed by atoms with van der Waals surface area (Å²) in [6.45, 7) is 5.01. The van der Waals surface area contributed by atoms with Crippen molar-refractivity contribution in [3.63, 3.8) is 0 Å². The quantitative estimate of drug-likeness (QED) is 0.859. The molecule has 1 heterocycles. The molecule has 1 aromatic rings. The summed E-state index contributed by atoms with van der Waals surface area (Å²) in [5.41, 5.74) is 9.07. The van der Waals surface area contributed by atoms with Crippen molar-refractivity contribution in [1.82, 2.24) is 4.98 Å². The third kappa shape index (κ3) is 1.90. The predicted octanol–water partition coefficient (Wildman–Crippen LogP) is 3.82. The van der Waals surface area contributed by atoms with Gasteiger partial charge in [-0.3, -0.25) is 4.98 Å². The van der Waals surface area contributed by atoms with E-state index in [9.17, 15) is 0 Å². The van der Waals surface area contributed by atoms with Gasteiger partial charge in [0.2, 0.25) is 0 Å². The summed E-state index contributed by atoms with van der Waals surface area (Å²) in [7, 11) is 0. The Morgan fingerprint density at radius 3 is 2.40 bits per heavy atom. The maximum Gasteiger partial charge on any atom is 0.0551 e. The first kappa shape index (κ1) is 12.5. The maximum absolute atomic E-state index is 5.88. The minimum absolute atomic E-state index is 0.276. The second-order valence-electron chi connectivity index (χ2n) is 8.54. The number of hydrogen-bond acceptors (Lipinski definition) is 3. The van der Waals surface area contributed by atoms with Crippen LogP contribution in [0.15, 0.2) is 18.5 Å². The second kappa shape index (κ2) is 3.69. The monoisotopic (exact) mass is 271 g/mol. The lowest BCUT2D eigenvalue weighted by Crippen LogP contribution is -2.61. The molecule has 2 unspecified atom stereocenters. The summed E-state index contributed by atoms with van der Waals surface area (Å²) in [5.74, 6) is 0.905. The van der Waals surface area contributed by atoms with Gasteiger partial charge in [0.25, 0.3) is 0 Å². The average Bonchev–Trinajstić information content (AvgIpc) is 2.22. The Balaban J connectivity index is 1.67. The third-order valence-corrected chi connectivity index (χ3v) is 5.80. The van der Waals surface area contributed by atoms with Crippen LogP contribution in [0.2, 0.25) is 0 Å². The number of rotatable bonds is 2. The molecule has 4 bridgehead atoms. The Morgan fingerprint density at radius 1 is 1.10 bits per heavy atom. The third-order valence-electron chi connectivity index (χ3n) is 5.80. The van der Waals surface area contributed by atoms with E-state index < -0.39 is 0 Å². The van der Waals surface area contributed by atoms with Crippen molar-refractivity contribution in [3.8, 4) is 0 Å². The molecule has 20 heavy (non-hydrogen) atoms. The first-order valence-electron chi connectivity index (χ1n) is 7.87. The molecule has 0 saturated heterocycles. The van der Waals surface area contributed by atoms with Crippen LogP contribution in [0, 0.1) is 16.7 Å². The molecule has 4 aliphatic rings. The average molecular weight is 271 g/mol. The molecule has 4 aliphatic carbocycles. The van der Waals surface area contributed by atoms with E-state index in [-0.39, 0.29) is 5.54 Å². The molecule has 2 atom stereocenters. The molecule has 3 N–H and O–H groups in total. The molecule has 0 spiro atoms. The Bertz CT molecular complexity index is 535. The van der Waals surface area contributed by atoms with Gasteiger partial charge in [-0.15, -0.1) is 0 Å². The number of aromatic nitrogens is 1. The van der Waals surface area contributed by atoms with Gasteiger partial charge in [-0.2, -0.15) is 0 Å². The fraction of sp³-hybridized carbons (Fsp3) is 0.706. The van der Waals surface area contributed by atoms with Crippen molar-refractivity contribution in [2.75, 3.05) is 11.1 Å². The molecule has 4 saturated carbocycles. The maximum atomic E-state index is 5.88. The fourth-order valence-corrected chi connectivity index (χ4v) is 6.42. The summed E-state index contributed by atoms with van der Waals surface area (Å²) in [4.78, 5) is 4.23. The molecule has 5 rings (SSSR count). The van der Waals surface area contributed by atoms with Crippen LogP contribution in [-0.2, 0) is 0 Å². The Morgan fingerprint density at radius 2 is 1.80 bits per heavy atom. The van der Waals surface area contributed by atoms with Gasteiger partial charge in [-0.25, -0.2) is 0 Å². The fourth-order valence-electron chi connectivity index (χ4n) is 6.42. The molecule has 0 aromatic carbocycles. The van der Waals surface area contributed by atoms with Gasteiger partial charge in [0.1, 0.15) is 0 Å². The molecular weight excluding hydrogens is 246 g/mol. The number of hydrogen-bond donors (Lipinski definition) is 2. The zero-order valence-corrected chi connectivity index (χ0v) is 12.6. The van der Waals surface area contributed by atoms with Gasteiger partial charge < -0.3 is 11.1 Å². The molecule has 0 amide bonds. The van der Waals surface area contributed by atoms with Crippen molar-refractivity contribution >= 4 is 11.4 Å². The lowest BCUT2D eigenvalue weighted by molar-refractivity contribution is -0.0972. The second-order valence-corrected chi connectivity index (χ2v) is 8.54. The van der Waals surface area contributed by atoms with E-state index >= 15 is 0 Å². The Hall–Kier alpha value is -1.25. The topological polar surface area (TPSA) is 50.9 Å². The number of nitrogen functional groups attached to an aromatic ring is 1. The SMILES string of the molecule is CC12CC3CC(C)(C1)CC(Nc1cncc(N)c1)(C3)C2. The molecule has 108 valence electrons. The van der Waals surface area contributed by atoms with Gasteiger partial charge in [-0.05, 0) is 61.3 Å². The van der Waals surface area contributed by atoms with Gasteiger partial charge in [-0.1, -0.05) is 13.8 Å². The highest BCUT2D eigenvalue weighted by Gasteiger charge is 2.60. The van der Waals surface area contributed by atoms with Crippen molar-refractivity contribution in [2.24, 2.45) is 16.7 Å². The van der Waals surface area contributed by atoms with E-state index in [2.05, 4.69) is 24.1 Å². The number of pyridine rings is 1. The van der Waals surface area contributed by atoms with Crippen molar-refractivity contribution in [1.29, 1.82) is 0 Å². The number of nitrogens with zero attached hydrogens (tertiary/aromatic N) is 1. The van der Waals surface area contributed by atoms with E-state index in [1.54, 1.807) is 6.20 Å². The molecule has 3 nitrogen and oxygen atoms in total. The molecule has 4 fully saturated rings. The van der Waals surface area contributed by atoms with Crippen molar-refractivity contribution in [2.45, 2.75) is 57.9 Å². The summed E-state index contributed by atoms with van der Waals surface area (Å²) in [5, 5.41) is 3.84. The van der Waals surface area contributed by atoms with E-state index in [1.165, 1.54) is 38.5 Å². The lowest BCUT2D eigenvalue weighted by Gasteiger charge is -2.65. The van der Waals surface area contributed by atoms with Crippen LogP contribution in [0.3, 0.4) is 0 Å². The molecule has 3 heteroatoms. The normalized spacial score (nSPS) is 45.6. The number of anilines is 2. The molecule has 0 radical (unpaired) electrons. The highest BCUT2D eigenvalue weighted by atomic mass is 15.0. The van der Waals surface area contributed by atoms with E-state index in [0.717, 1.165) is 17.3 Å². The van der Waals surface area contributed by atoms with Crippen LogP contribution in [-0.4, -0.2) is 10.5 Å². The van der Waals surface area contributed by atoms with Crippen molar-refractivity contribution in [3.05, 3.63) is 18.5 Å². The van der Waals surface area contributed by atoms with Gasteiger partial charge in [0.15, 0.2) is 0 Å². The van der Waals surface area contributed by atoms with E-state index in [1.807, 2.05) is 12.3 Å². The largest absolute Gasteiger partial charge is 0.397 e. The lowest BCUT2D eigenvalue weighted by atomic mass is 9.43. The first-order chi connectivity index (χ1) is 9.38. The van der Waals surface area contributed by atoms with Crippen LogP contribution in [0.5, 0.6) is 0 Å². The minimum atomic E-state index is 0.276. The first-order valence-corrected chi connectivity index (χ1v) is 7.87. The highest BCUT2D eigenvalue weighted by Crippen LogP contribution is 2.66. The molecule has 0 aliphatic heterocycles. The Labute approximate surface area is 121 Å². The van der Waals surface area contributed by atoms with Crippen LogP contribution in [0.1, 0.15) is 52.4 Å². The Kier molecular flexibility index (Phi) is 2.30. The van der Waals surface area contributed by atoms with Gasteiger partial charge in [0.05, 0.1) is 17.6 Å². The van der Waals surface area contributed by atoms with Crippen molar-refractivity contribution < 1.29 is 0 Å². The summed E-state index contributed by atoms with van der Waals surface area (Å²) in [6, 6.07) is 2.02.